The van der Waals surface area contributed by atoms with Gasteiger partial charge in [0.2, 0.25) is 5.91 Å². The van der Waals surface area contributed by atoms with Gasteiger partial charge in [-0.05, 0) is 37.2 Å². The number of nitrogens with one attached hydrogen (secondary N) is 2. The number of halogens is 2. The smallest absolute Gasteiger partial charge is 0.387 e. The van der Waals surface area contributed by atoms with Gasteiger partial charge in [-0.3, -0.25) is 14.7 Å². The Morgan fingerprint density at radius 3 is 2.87 bits per heavy atom. The Morgan fingerprint density at radius 1 is 1.40 bits per heavy atom. The number of carbonyl (C=O) groups excluding carboxylic acids is 2. The molecule has 30 heavy (non-hydrogen) atoms. The van der Waals surface area contributed by atoms with Crippen LogP contribution in [-0.4, -0.2) is 57.7 Å². The summed E-state index contributed by atoms with van der Waals surface area (Å²) in [4.78, 5) is 26.9. The molecule has 1 aromatic carbocycles. The Hall–Kier alpha value is -2.82. The second-order valence-electron chi connectivity index (χ2n) is 7.01. The third-order valence-corrected chi connectivity index (χ3v) is 5.40. The third-order valence-electron chi connectivity index (χ3n) is 5.03. The summed E-state index contributed by atoms with van der Waals surface area (Å²) in [5, 5.41) is 9.66. The first-order chi connectivity index (χ1) is 14.4. The summed E-state index contributed by atoms with van der Waals surface area (Å²) in [7, 11) is 1.79. The molecule has 0 saturated carbocycles. The SMILES string of the molecule is Cn1c(CCNC(=O)C2CCCN(C(=O)c3ccccc3OC(F)F)C2)n[nH]c1=S. The van der Waals surface area contributed by atoms with E-state index in [2.05, 4.69) is 20.3 Å². The molecule has 1 aliphatic rings. The molecule has 1 atom stereocenters. The number of benzene rings is 1. The Bertz CT molecular complexity index is 962. The zero-order valence-corrected chi connectivity index (χ0v) is 17.3. The van der Waals surface area contributed by atoms with Gasteiger partial charge >= 0.3 is 6.61 Å². The standard InChI is InChI=1S/C19H23F2N5O3S/c1-25-15(23-24-19(25)30)8-9-22-16(27)12-5-4-10-26(11-12)17(28)13-6-2-3-7-14(13)29-18(20)21/h2-3,6-7,12,18H,4-5,8-11H2,1H3,(H,22,27)(H,24,30). The summed E-state index contributed by atoms with van der Waals surface area (Å²) >= 11 is 5.06. The van der Waals surface area contributed by atoms with Crippen molar-refractivity contribution in [1.82, 2.24) is 25.0 Å². The Labute approximate surface area is 177 Å². The van der Waals surface area contributed by atoms with Gasteiger partial charge in [-0.15, -0.1) is 0 Å². The second kappa shape index (κ2) is 9.79. The number of carbonyl (C=O) groups is 2. The Morgan fingerprint density at radius 2 is 2.17 bits per heavy atom. The van der Waals surface area contributed by atoms with Crippen LogP contribution < -0.4 is 10.1 Å². The fourth-order valence-corrected chi connectivity index (χ4v) is 3.58. The van der Waals surface area contributed by atoms with Gasteiger partial charge in [0, 0.05) is 33.1 Å². The number of rotatable bonds is 7. The lowest BCUT2D eigenvalue weighted by Gasteiger charge is -2.32. The van der Waals surface area contributed by atoms with Crippen LogP contribution in [-0.2, 0) is 18.3 Å². The molecule has 0 radical (unpaired) electrons. The maximum absolute atomic E-state index is 12.9. The predicted molar refractivity (Wildman–Crippen MR) is 107 cm³/mol. The monoisotopic (exact) mass is 439 g/mol. The highest BCUT2D eigenvalue weighted by atomic mass is 32.1. The van der Waals surface area contributed by atoms with E-state index in [4.69, 9.17) is 12.2 Å². The van der Waals surface area contributed by atoms with E-state index < -0.39 is 12.5 Å². The molecule has 1 fully saturated rings. The van der Waals surface area contributed by atoms with Gasteiger partial charge in [0.05, 0.1) is 11.5 Å². The van der Waals surface area contributed by atoms with Crippen molar-refractivity contribution in [2.45, 2.75) is 25.9 Å². The molecule has 2 aromatic rings. The minimum absolute atomic E-state index is 0.0598. The molecule has 0 spiro atoms. The van der Waals surface area contributed by atoms with Gasteiger partial charge in [0.1, 0.15) is 11.6 Å². The molecular formula is C19H23F2N5O3S. The number of piperidine rings is 1. The summed E-state index contributed by atoms with van der Waals surface area (Å²) in [6, 6.07) is 5.88. The highest BCUT2D eigenvalue weighted by molar-refractivity contribution is 7.71. The lowest BCUT2D eigenvalue weighted by molar-refractivity contribution is -0.126. The number of nitrogens with zero attached hydrogens (tertiary/aromatic N) is 3. The lowest BCUT2D eigenvalue weighted by Crippen LogP contribution is -2.45. The largest absolute Gasteiger partial charge is 0.434 e. The lowest BCUT2D eigenvalue weighted by atomic mass is 9.96. The summed E-state index contributed by atoms with van der Waals surface area (Å²) in [5.74, 6) is -0.381. The zero-order valence-electron chi connectivity index (χ0n) is 16.4. The number of likely N-dealkylation sites (tertiary alicyclic amines) is 1. The van der Waals surface area contributed by atoms with Crippen LogP contribution in [0, 0.1) is 10.7 Å². The molecule has 1 unspecified atom stereocenters. The van der Waals surface area contributed by atoms with Crippen LogP contribution in [0.25, 0.3) is 0 Å². The summed E-state index contributed by atoms with van der Waals surface area (Å²) in [5.41, 5.74) is 0.0598. The molecule has 162 valence electrons. The number of aromatic nitrogens is 3. The van der Waals surface area contributed by atoms with Crippen molar-refractivity contribution in [3.63, 3.8) is 0 Å². The van der Waals surface area contributed by atoms with Crippen molar-refractivity contribution in [1.29, 1.82) is 0 Å². The molecule has 1 saturated heterocycles. The molecule has 1 aromatic heterocycles. The number of alkyl halides is 2. The molecule has 2 heterocycles. The van der Waals surface area contributed by atoms with Crippen LogP contribution in [0.3, 0.4) is 0 Å². The third kappa shape index (κ3) is 5.21. The Balaban J connectivity index is 1.58. The van der Waals surface area contributed by atoms with Crippen LogP contribution in [0.4, 0.5) is 8.78 Å². The molecule has 11 heteroatoms. The number of aromatic amines is 1. The van der Waals surface area contributed by atoms with Crippen molar-refractivity contribution in [2.75, 3.05) is 19.6 Å². The van der Waals surface area contributed by atoms with Gasteiger partial charge in [0.25, 0.3) is 5.91 Å². The highest BCUT2D eigenvalue weighted by Gasteiger charge is 2.30. The van der Waals surface area contributed by atoms with E-state index in [0.717, 1.165) is 5.82 Å². The minimum Gasteiger partial charge on any atom is -0.434 e. The van der Waals surface area contributed by atoms with Crippen molar-refractivity contribution in [2.24, 2.45) is 13.0 Å². The zero-order chi connectivity index (χ0) is 21.7. The fourth-order valence-electron chi connectivity index (χ4n) is 3.43. The molecule has 0 aliphatic carbocycles. The average molecular weight is 439 g/mol. The van der Waals surface area contributed by atoms with Crippen molar-refractivity contribution < 1.29 is 23.1 Å². The van der Waals surface area contributed by atoms with E-state index in [0.29, 0.717) is 37.1 Å². The van der Waals surface area contributed by atoms with Gasteiger partial charge < -0.3 is 19.5 Å². The van der Waals surface area contributed by atoms with E-state index in [1.807, 2.05) is 0 Å². The first-order valence-corrected chi connectivity index (χ1v) is 9.98. The van der Waals surface area contributed by atoms with Gasteiger partial charge in [0.15, 0.2) is 4.77 Å². The van der Waals surface area contributed by atoms with Crippen molar-refractivity contribution in [3.8, 4) is 5.75 Å². The van der Waals surface area contributed by atoms with E-state index in [9.17, 15) is 18.4 Å². The molecule has 3 rings (SSSR count). The van der Waals surface area contributed by atoms with Crippen LogP contribution in [0.15, 0.2) is 24.3 Å². The Kier molecular flexibility index (Phi) is 7.14. The van der Waals surface area contributed by atoms with Crippen molar-refractivity contribution >= 4 is 24.0 Å². The average Bonchev–Trinajstić information content (AvgIpc) is 3.05. The van der Waals surface area contributed by atoms with E-state index >= 15 is 0 Å². The number of hydrogen-bond acceptors (Lipinski definition) is 5. The normalized spacial score (nSPS) is 16.5. The molecular weight excluding hydrogens is 416 g/mol. The molecule has 2 amide bonds. The summed E-state index contributed by atoms with van der Waals surface area (Å²) < 4.78 is 32.0. The van der Waals surface area contributed by atoms with Crippen LogP contribution in [0.1, 0.15) is 29.0 Å². The molecule has 0 bridgehead atoms. The number of para-hydroxylation sites is 1. The molecule has 1 aliphatic heterocycles. The van der Waals surface area contributed by atoms with Crippen LogP contribution in [0.5, 0.6) is 5.75 Å². The van der Waals surface area contributed by atoms with Gasteiger partial charge in [-0.25, -0.2) is 0 Å². The van der Waals surface area contributed by atoms with Crippen molar-refractivity contribution in [3.05, 3.63) is 40.4 Å². The first-order valence-electron chi connectivity index (χ1n) is 9.58. The highest BCUT2D eigenvalue weighted by Crippen LogP contribution is 2.25. The van der Waals surface area contributed by atoms with E-state index in [1.165, 1.54) is 23.1 Å². The maximum atomic E-state index is 12.9. The van der Waals surface area contributed by atoms with E-state index in [-0.39, 0.29) is 29.7 Å². The molecule has 2 N–H and O–H groups in total. The number of amides is 2. The quantitative estimate of drug-likeness (QED) is 0.646. The fraction of sp³-hybridized carbons (Fsp3) is 0.474. The second-order valence-corrected chi connectivity index (χ2v) is 7.40. The van der Waals surface area contributed by atoms with Crippen LogP contribution >= 0.6 is 12.2 Å². The number of ether oxygens (including phenoxy) is 1. The topological polar surface area (TPSA) is 92.2 Å². The minimum atomic E-state index is -3.02. The predicted octanol–water partition coefficient (Wildman–Crippen LogP) is 2.29. The summed E-state index contributed by atoms with van der Waals surface area (Å²) in [6.45, 7) is -1.95. The summed E-state index contributed by atoms with van der Waals surface area (Å²) in [6.07, 6.45) is 1.82. The van der Waals surface area contributed by atoms with Gasteiger partial charge in [-0.2, -0.15) is 13.9 Å². The number of H-pyrrole nitrogens is 1. The number of hydrogen-bond donors (Lipinski definition) is 2. The molecule has 8 nitrogen and oxygen atoms in total. The maximum Gasteiger partial charge on any atom is 0.387 e. The first kappa shape index (κ1) is 21.9. The van der Waals surface area contributed by atoms with E-state index in [1.54, 1.807) is 17.7 Å². The van der Waals surface area contributed by atoms with Crippen LogP contribution in [0.2, 0.25) is 0 Å². The van der Waals surface area contributed by atoms with Gasteiger partial charge in [-0.1, -0.05) is 12.1 Å².